The second kappa shape index (κ2) is 4.35. The van der Waals surface area contributed by atoms with Crippen molar-refractivity contribution >= 4 is 5.91 Å². The molecule has 96 valence electrons. The Labute approximate surface area is 106 Å². The van der Waals surface area contributed by atoms with Crippen LogP contribution in [0.2, 0.25) is 0 Å². The van der Waals surface area contributed by atoms with Crippen molar-refractivity contribution in [2.75, 3.05) is 19.6 Å². The lowest BCUT2D eigenvalue weighted by Crippen LogP contribution is -2.38. The van der Waals surface area contributed by atoms with Gasteiger partial charge in [-0.05, 0) is 43.0 Å². The third-order valence-electron chi connectivity index (χ3n) is 4.29. The Morgan fingerprint density at radius 2 is 2.06 bits per heavy atom. The van der Waals surface area contributed by atoms with Crippen LogP contribution in [-0.2, 0) is 0 Å². The Morgan fingerprint density at radius 1 is 1.33 bits per heavy atom. The smallest absolute Gasteiger partial charge is 0.254 e. The van der Waals surface area contributed by atoms with E-state index in [0.29, 0.717) is 17.4 Å². The first-order valence-electron chi connectivity index (χ1n) is 6.44. The maximum atomic E-state index is 12.9. The molecule has 0 radical (unpaired) electrons. The zero-order chi connectivity index (χ0) is 12.7. The first-order valence-corrected chi connectivity index (χ1v) is 6.44. The molecule has 2 aliphatic rings. The van der Waals surface area contributed by atoms with E-state index < -0.39 is 0 Å². The monoisotopic (exact) mass is 248 g/mol. The first kappa shape index (κ1) is 11.7. The van der Waals surface area contributed by atoms with Gasteiger partial charge in [-0.15, -0.1) is 0 Å². The molecular weight excluding hydrogens is 231 g/mol. The van der Waals surface area contributed by atoms with Crippen LogP contribution in [0.1, 0.15) is 17.3 Å². The van der Waals surface area contributed by atoms with Gasteiger partial charge in [0.1, 0.15) is 5.82 Å². The fourth-order valence-corrected chi connectivity index (χ4v) is 3.19. The van der Waals surface area contributed by atoms with Gasteiger partial charge in [0.25, 0.3) is 5.91 Å². The van der Waals surface area contributed by atoms with Gasteiger partial charge in [0.05, 0.1) is 0 Å². The van der Waals surface area contributed by atoms with E-state index in [1.54, 1.807) is 12.1 Å². The molecule has 3 atom stereocenters. The van der Waals surface area contributed by atoms with Gasteiger partial charge in [-0.1, -0.05) is 0 Å². The van der Waals surface area contributed by atoms with Crippen molar-refractivity contribution in [1.82, 2.24) is 10.2 Å². The van der Waals surface area contributed by atoms with E-state index in [0.717, 1.165) is 19.6 Å². The van der Waals surface area contributed by atoms with Crippen LogP contribution >= 0.6 is 0 Å². The molecule has 0 spiro atoms. The number of nitrogens with zero attached hydrogens (tertiary/aromatic N) is 1. The normalized spacial score (nSPS) is 30.6. The molecular formula is C14H17FN2O. The van der Waals surface area contributed by atoms with Gasteiger partial charge in [0.15, 0.2) is 0 Å². The second-order valence-electron chi connectivity index (χ2n) is 5.29. The van der Waals surface area contributed by atoms with Gasteiger partial charge in [-0.25, -0.2) is 4.39 Å². The number of carbonyl (C=O) groups is 1. The van der Waals surface area contributed by atoms with Crippen LogP contribution in [0.3, 0.4) is 0 Å². The van der Waals surface area contributed by atoms with Crippen LogP contribution < -0.4 is 5.32 Å². The Kier molecular flexibility index (Phi) is 2.82. The Hall–Kier alpha value is -1.42. The number of hydrogen-bond donors (Lipinski definition) is 1. The van der Waals surface area contributed by atoms with Crippen LogP contribution in [0.15, 0.2) is 24.3 Å². The molecule has 1 amide bonds. The second-order valence-corrected chi connectivity index (χ2v) is 5.29. The van der Waals surface area contributed by atoms with Crippen molar-refractivity contribution in [2.45, 2.75) is 13.0 Å². The van der Waals surface area contributed by atoms with Crippen LogP contribution in [0.25, 0.3) is 0 Å². The Morgan fingerprint density at radius 3 is 2.72 bits per heavy atom. The Balaban J connectivity index is 1.79. The largest absolute Gasteiger partial charge is 0.335 e. The fraction of sp³-hybridized carbons (Fsp3) is 0.500. The molecule has 0 saturated carbocycles. The van der Waals surface area contributed by atoms with Crippen LogP contribution in [-0.4, -0.2) is 36.5 Å². The topological polar surface area (TPSA) is 32.3 Å². The summed E-state index contributed by atoms with van der Waals surface area (Å²) in [7, 11) is 0. The molecule has 0 aromatic heterocycles. The van der Waals surface area contributed by atoms with Crippen molar-refractivity contribution in [3.05, 3.63) is 35.6 Å². The number of hydrogen-bond acceptors (Lipinski definition) is 2. The molecule has 1 N–H and O–H groups in total. The fourth-order valence-electron chi connectivity index (χ4n) is 3.19. The summed E-state index contributed by atoms with van der Waals surface area (Å²) in [6.07, 6.45) is 0. The molecule has 2 aliphatic heterocycles. The van der Waals surface area contributed by atoms with E-state index in [-0.39, 0.29) is 17.8 Å². The molecule has 4 heteroatoms. The van der Waals surface area contributed by atoms with Gasteiger partial charge in [-0.2, -0.15) is 0 Å². The summed E-state index contributed by atoms with van der Waals surface area (Å²) >= 11 is 0. The predicted molar refractivity (Wildman–Crippen MR) is 66.7 cm³/mol. The highest BCUT2D eigenvalue weighted by atomic mass is 19.1. The average molecular weight is 248 g/mol. The molecule has 1 aromatic rings. The number of fused-ring (bicyclic) bond motifs is 1. The molecule has 1 aromatic carbocycles. The predicted octanol–water partition coefficient (Wildman–Crippen LogP) is 1.51. The first-order chi connectivity index (χ1) is 8.66. The summed E-state index contributed by atoms with van der Waals surface area (Å²) < 4.78 is 12.9. The molecule has 2 heterocycles. The van der Waals surface area contributed by atoms with E-state index >= 15 is 0 Å². The number of rotatable bonds is 1. The van der Waals surface area contributed by atoms with Crippen molar-refractivity contribution < 1.29 is 9.18 Å². The van der Waals surface area contributed by atoms with Gasteiger partial charge < -0.3 is 10.2 Å². The van der Waals surface area contributed by atoms with E-state index in [4.69, 9.17) is 0 Å². The number of carbonyl (C=O) groups excluding carboxylic acids is 1. The number of likely N-dealkylation sites (tertiary alicyclic amines) is 1. The van der Waals surface area contributed by atoms with Crippen molar-refractivity contribution in [3.63, 3.8) is 0 Å². The van der Waals surface area contributed by atoms with E-state index in [1.165, 1.54) is 12.1 Å². The molecule has 0 bridgehead atoms. The number of benzene rings is 1. The summed E-state index contributed by atoms with van der Waals surface area (Å²) in [5.41, 5.74) is 0.580. The molecule has 0 aliphatic carbocycles. The zero-order valence-electron chi connectivity index (χ0n) is 10.4. The minimum Gasteiger partial charge on any atom is -0.335 e. The van der Waals surface area contributed by atoms with E-state index in [2.05, 4.69) is 12.2 Å². The molecule has 2 saturated heterocycles. The van der Waals surface area contributed by atoms with Gasteiger partial charge in [0.2, 0.25) is 0 Å². The Bertz CT molecular complexity index is 459. The molecule has 3 rings (SSSR count). The highest BCUT2D eigenvalue weighted by Crippen LogP contribution is 2.33. The molecule has 2 fully saturated rings. The lowest BCUT2D eigenvalue weighted by Gasteiger charge is -2.24. The number of amides is 1. The minimum absolute atomic E-state index is 0.0249. The maximum Gasteiger partial charge on any atom is 0.254 e. The number of nitrogens with one attached hydrogen (secondary N) is 1. The van der Waals surface area contributed by atoms with Crippen LogP contribution in [0, 0.1) is 17.7 Å². The highest BCUT2D eigenvalue weighted by Gasteiger charge is 2.43. The van der Waals surface area contributed by atoms with Gasteiger partial charge in [-0.3, -0.25) is 4.79 Å². The lowest BCUT2D eigenvalue weighted by atomic mass is 9.95. The molecule has 3 nitrogen and oxygen atoms in total. The average Bonchev–Trinajstić information content (AvgIpc) is 2.93. The maximum absolute atomic E-state index is 12.9. The summed E-state index contributed by atoms with van der Waals surface area (Å²) in [6, 6.07) is 6.09. The lowest BCUT2D eigenvalue weighted by molar-refractivity contribution is 0.0728. The van der Waals surface area contributed by atoms with Crippen LogP contribution in [0.5, 0.6) is 0 Å². The van der Waals surface area contributed by atoms with Crippen molar-refractivity contribution in [3.8, 4) is 0 Å². The summed E-state index contributed by atoms with van der Waals surface area (Å²) in [4.78, 5) is 14.3. The quantitative estimate of drug-likeness (QED) is 0.817. The van der Waals surface area contributed by atoms with Crippen molar-refractivity contribution in [2.24, 2.45) is 11.8 Å². The minimum atomic E-state index is -0.304. The van der Waals surface area contributed by atoms with Gasteiger partial charge in [0, 0.05) is 31.2 Å². The molecule has 3 unspecified atom stereocenters. The third-order valence-corrected chi connectivity index (χ3v) is 4.29. The van der Waals surface area contributed by atoms with E-state index in [1.807, 2.05) is 4.90 Å². The summed E-state index contributed by atoms with van der Waals surface area (Å²) in [6.45, 7) is 4.93. The molecule has 18 heavy (non-hydrogen) atoms. The zero-order valence-corrected chi connectivity index (χ0v) is 10.4. The SMILES string of the molecule is CC1C2CNCC2CN1C(=O)c1ccc(F)cc1. The summed E-state index contributed by atoms with van der Waals surface area (Å²) in [5, 5.41) is 3.37. The standard InChI is InChI=1S/C14H17FN2O/c1-9-13-7-16-6-11(13)8-17(9)14(18)10-2-4-12(15)5-3-10/h2-5,9,11,13,16H,6-8H2,1H3. The highest BCUT2D eigenvalue weighted by molar-refractivity contribution is 5.94. The van der Waals surface area contributed by atoms with Crippen molar-refractivity contribution in [1.29, 1.82) is 0 Å². The third kappa shape index (κ3) is 1.81. The van der Waals surface area contributed by atoms with Gasteiger partial charge >= 0.3 is 0 Å². The van der Waals surface area contributed by atoms with Crippen LogP contribution in [0.4, 0.5) is 4.39 Å². The summed E-state index contributed by atoms with van der Waals surface area (Å²) in [5.74, 6) is 0.859. The van der Waals surface area contributed by atoms with E-state index in [9.17, 15) is 9.18 Å². The number of halogens is 1.